The molecule has 0 spiro atoms. The van der Waals surface area contributed by atoms with Crippen LogP contribution in [0.1, 0.15) is 6.92 Å². The topological polar surface area (TPSA) is 95.9 Å². The normalized spacial score (nSPS) is 44.1. The Labute approximate surface area is 104 Å². The second kappa shape index (κ2) is 5.86. The van der Waals surface area contributed by atoms with Crippen molar-refractivity contribution in [3.63, 3.8) is 0 Å². The third-order valence-electron chi connectivity index (χ3n) is 2.75. The Morgan fingerprint density at radius 3 is 2.25 bits per heavy atom. The van der Waals surface area contributed by atoms with Gasteiger partial charge in [0.15, 0.2) is 0 Å². The molecule has 0 bridgehead atoms. The van der Waals surface area contributed by atoms with E-state index in [-0.39, 0.29) is 0 Å². The van der Waals surface area contributed by atoms with Crippen LogP contribution in [-0.2, 0) is 4.74 Å². The summed E-state index contributed by atoms with van der Waals surface area (Å²) in [5.74, 6) is 0. The van der Waals surface area contributed by atoms with Crippen molar-refractivity contribution in [2.24, 2.45) is 5.73 Å². The van der Waals surface area contributed by atoms with Gasteiger partial charge in [0.1, 0.15) is 29.9 Å². The van der Waals surface area contributed by atoms with E-state index >= 15 is 0 Å². The van der Waals surface area contributed by atoms with E-state index in [1.807, 2.05) is 0 Å². The lowest BCUT2D eigenvalue weighted by Gasteiger charge is -2.42. The molecule has 0 amide bonds. The third-order valence-corrected chi connectivity index (χ3v) is 3.89. The average molecular weight is 272 g/mol. The van der Waals surface area contributed by atoms with Gasteiger partial charge in [0.25, 0.3) is 0 Å². The zero-order valence-corrected chi connectivity index (χ0v) is 10.7. The standard InChI is InChI=1S/C9H18ClNO4S/c1-3(10)4(11)8-6(13)5(12)7(14)9(15-8)16-2/h3-9,12-14H,11H2,1-2H3/t3-,4+,5?,6?,7?,8?,9?/m0/s1. The highest BCUT2D eigenvalue weighted by Gasteiger charge is 2.46. The number of thioether (sulfide) groups is 1. The quantitative estimate of drug-likeness (QED) is 0.498. The molecule has 0 aliphatic carbocycles. The van der Waals surface area contributed by atoms with Crippen LogP contribution in [0.5, 0.6) is 0 Å². The molecular formula is C9H18ClNO4S. The van der Waals surface area contributed by atoms with E-state index in [2.05, 4.69) is 0 Å². The van der Waals surface area contributed by atoms with E-state index in [1.165, 1.54) is 11.8 Å². The van der Waals surface area contributed by atoms with Gasteiger partial charge in [-0.05, 0) is 13.2 Å². The van der Waals surface area contributed by atoms with E-state index < -0.39 is 41.3 Å². The zero-order valence-electron chi connectivity index (χ0n) is 9.15. The molecule has 0 aromatic rings. The second-order valence-electron chi connectivity index (χ2n) is 3.93. The number of aliphatic hydroxyl groups is 3. The van der Waals surface area contributed by atoms with E-state index in [9.17, 15) is 15.3 Å². The number of halogens is 1. The number of nitrogens with two attached hydrogens (primary N) is 1. The van der Waals surface area contributed by atoms with Gasteiger partial charge in [0.05, 0.1) is 0 Å². The van der Waals surface area contributed by atoms with E-state index in [1.54, 1.807) is 13.2 Å². The first kappa shape index (κ1) is 14.5. The fourth-order valence-corrected chi connectivity index (χ4v) is 2.47. The molecule has 1 saturated heterocycles. The highest BCUT2D eigenvalue weighted by atomic mass is 35.5. The molecule has 5 N–H and O–H groups in total. The minimum Gasteiger partial charge on any atom is -0.388 e. The maximum atomic E-state index is 9.76. The molecule has 1 fully saturated rings. The second-order valence-corrected chi connectivity index (χ2v) is 5.56. The summed E-state index contributed by atoms with van der Waals surface area (Å²) in [6.07, 6.45) is -2.65. The lowest BCUT2D eigenvalue weighted by Crippen LogP contribution is -2.62. The molecule has 0 radical (unpaired) electrons. The molecular weight excluding hydrogens is 254 g/mol. The van der Waals surface area contributed by atoms with Crippen LogP contribution in [0.25, 0.3) is 0 Å². The van der Waals surface area contributed by atoms with E-state index in [0.717, 1.165) is 0 Å². The highest BCUT2D eigenvalue weighted by Crippen LogP contribution is 2.29. The maximum absolute atomic E-state index is 9.76. The van der Waals surface area contributed by atoms with Crippen molar-refractivity contribution in [2.45, 2.75) is 48.2 Å². The van der Waals surface area contributed by atoms with Crippen molar-refractivity contribution in [3.05, 3.63) is 0 Å². The van der Waals surface area contributed by atoms with Gasteiger partial charge in [-0.3, -0.25) is 0 Å². The fourth-order valence-electron chi connectivity index (χ4n) is 1.65. The van der Waals surface area contributed by atoms with Gasteiger partial charge in [-0.2, -0.15) is 0 Å². The Morgan fingerprint density at radius 2 is 1.81 bits per heavy atom. The van der Waals surface area contributed by atoms with Gasteiger partial charge in [-0.1, -0.05) is 0 Å². The van der Waals surface area contributed by atoms with Crippen molar-refractivity contribution in [1.82, 2.24) is 0 Å². The molecule has 16 heavy (non-hydrogen) atoms. The lowest BCUT2D eigenvalue weighted by atomic mass is 9.94. The monoisotopic (exact) mass is 271 g/mol. The fraction of sp³-hybridized carbons (Fsp3) is 1.00. The van der Waals surface area contributed by atoms with Crippen LogP contribution in [-0.4, -0.2) is 62.8 Å². The first-order valence-electron chi connectivity index (χ1n) is 5.02. The third kappa shape index (κ3) is 2.81. The summed E-state index contributed by atoms with van der Waals surface area (Å²) in [6, 6.07) is -0.603. The smallest absolute Gasteiger partial charge is 0.132 e. The summed E-state index contributed by atoms with van der Waals surface area (Å²) in [6.45, 7) is 1.69. The van der Waals surface area contributed by atoms with Crippen LogP contribution < -0.4 is 5.73 Å². The van der Waals surface area contributed by atoms with Gasteiger partial charge in [-0.15, -0.1) is 23.4 Å². The number of aliphatic hydroxyl groups excluding tert-OH is 3. The predicted molar refractivity (Wildman–Crippen MR) is 63.5 cm³/mol. The molecule has 7 atom stereocenters. The molecule has 5 unspecified atom stereocenters. The average Bonchev–Trinajstić information content (AvgIpc) is 2.25. The highest BCUT2D eigenvalue weighted by molar-refractivity contribution is 7.99. The maximum Gasteiger partial charge on any atom is 0.132 e. The predicted octanol–water partition coefficient (Wildman–Crippen LogP) is -0.888. The molecule has 1 heterocycles. The molecule has 1 aliphatic rings. The molecule has 96 valence electrons. The van der Waals surface area contributed by atoms with Crippen molar-refractivity contribution in [3.8, 4) is 0 Å². The Kier molecular flexibility index (Phi) is 5.31. The lowest BCUT2D eigenvalue weighted by molar-refractivity contribution is -0.202. The number of ether oxygens (including phenoxy) is 1. The Hall–Kier alpha value is 0.440. The van der Waals surface area contributed by atoms with Crippen LogP contribution in [0, 0.1) is 0 Å². The number of hydrogen-bond donors (Lipinski definition) is 4. The summed E-state index contributed by atoms with van der Waals surface area (Å²) >= 11 is 7.09. The van der Waals surface area contributed by atoms with Crippen LogP contribution in [0.15, 0.2) is 0 Å². The van der Waals surface area contributed by atoms with Crippen LogP contribution in [0.4, 0.5) is 0 Å². The molecule has 1 rings (SSSR count). The first-order chi connectivity index (χ1) is 7.40. The molecule has 1 aliphatic heterocycles. The van der Waals surface area contributed by atoms with Gasteiger partial charge >= 0.3 is 0 Å². The van der Waals surface area contributed by atoms with Crippen molar-refractivity contribution in [2.75, 3.05) is 6.26 Å². The largest absolute Gasteiger partial charge is 0.388 e. The number of alkyl halides is 1. The Bertz CT molecular complexity index is 232. The van der Waals surface area contributed by atoms with Gasteiger partial charge in [0.2, 0.25) is 0 Å². The summed E-state index contributed by atoms with van der Waals surface area (Å²) in [7, 11) is 0. The minimum absolute atomic E-state index is 0.399. The van der Waals surface area contributed by atoms with E-state index in [4.69, 9.17) is 22.1 Å². The van der Waals surface area contributed by atoms with Gasteiger partial charge in [0, 0.05) is 11.4 Å². The molecule has 0 saturated carbocycles. The van der Waals surface area contributed by atoms with Gasteiger partial charge < -0.3 is 25.8 Å². The summed E-state index contributed by atoms with van der Waals surface area (Å²) < 4.78 is 5.45. The summed E-state index contributed by atoms with van der Waals surface area (Å²) in [5.41, 5.74) is 5.18. The van der Waals surface area contributed by atoms with Crippen LogP contribution in [0.3, 0.4) is 0 Å². The van der Waals surface area contributed by atoms with Crippen LogP contribution in [0.2, 0.25) is 0 Å². The number of hydrogen-bond acceptors (Lipinski definition) is 6. The molecule has 0 aromatic heterocycles. The SMILES string of the molecule is CSC1OC([C@H](N)[C@H](C)Cl)C(O)C(O)C1O. The van der Waals surface area contributed by atoms with Crippen molar-refractivity contribution < 1.29 is 20.1 Å². The molecule has 7 heteroatoms. The molecule has 5 nitrogen and oxygen atoms in total. The Balaban J connectivity index is 2.78. The first-order valence-corrected chi connectivity index (χ1v) is 6.74. The van der Waals surface area contributed by atoms with Gasteiger partial charge in [-0.25, -0.2) is 0 Å². The number of rotatable bonds is 3. The summed E-state index contributed by atoms with van der Waals surface area (Å²) in [5, 5.41) is 28.6. The molecule has 0 aromatic carbocycles. The van der Waals surface area contributed by atoms with E-state index in [0.29, 0.717) is 0 Å². The van der Waals surface area contributed by atoms with Crippen molar-refractivity contribution >= 4 is 23.4 Å². The minimum atomic E-state index is -1.27. The zero-order chi connectivity index (χ0) is 12.5. The van der Waals surface area contributed by atoms with Crippen LogP contribution >= 0.6 is 23.4 Å². The Morgan fingerprint density at radius 1 is 1.25 bits per heavy atom. The van der Waals surface area contributed by atoms with Crippen molar-refractivity contribution in [1.29, 1.82) is 0 Å². The summed E-state index contributed by atoms with van der Waals surface area (Å²) in [4.78, 5) is 0.